The Bertz CT molecular complexity index is 566. The van der Waals surface area contributed by atoms with Gasteiger partial charge >= 0.3 is 0 Å². The number of fused-ring (bicyclic) bond motifs is 2. The van der Waals surface area contributed by atoms with Crippen molar-refractivity contribution in [1.82, 2.24) is 0 Å². The maximum absolute atomic E-state index is 2.38. The number of hydrogen-bond acceptors (Lipinski definition) is 0. The predicted molar refractivity (Wildman–Crippen MR) is 75.2 cm³/mol. The number of hydrogen-bond donors (Lipinski definition) is 0. The first-order valence-electron chi connectivity index (χ1n) is 7.06. The van der Waals surface area contributed by atoms with Gasteiger partial charge in [-0.2, -0.15) is 0 Å². The van der Waals surface area contributed by atoms with Crippen molar-refractivity contribution < 1.29 is 0 Å². The molecule has 0 saturated heterocycles. The minimum atomic E-state index is 0.565. The van der Waals surface area contributed by atoms with Crippen LogP contribution in [0.15, 0.2) is 36.4 Å². The van der Waals surface area contributed by atoms with Crippen LogP contribution in [0.3, 0.4) is 0 Å². The molecule has 0 fully saturated rings. The van der Waals surface area contributed by atoms with Gasteiger partial charge in [-0.25, -0.2) is 0 Å². The molecular formula is C18H18. The van der Waals surface area contributed by atoms with E-state index in [2.05, 4.69) is 43.3 Å². The Hall–Kier alpha value is -1.56. The maximum Gasteiger partial charge on any atom is 0.00666 e. The van der Waals surface area contributed by atoms with Crippen molar-refractivity contribution in [2.75, 3.05) is 0 Å². The van der Waals surface area contributed by atoms with Crippen LogP contribution >= 0.6 is 0 Å². The maximum atomic E-state index is 2.38. The molecule has 0 nitrogen and oxygen atoms in total. The largest absolute Gasteiger partial charge is 0.0617 e. The van der Waals surface area contributed by atoms with Crippen molar-refractivity contribution in [2.24, 2.45) is 0 Å². The molecule has 0 N–H and O–H groups in total. The van der Waals surface area contributed by atoms with Crippen molar-refractivity contribution in [2.45, 2.75) is 38.5 Å². The lowest BCUT2D eigenvalue weighted by Crippen LogP contribution is -2.17. The summed E-state index contributed by atoms with van der Waals surface area (Å²) in [5, 5.41) is 0. The van der Waals surface area contributed by atoms with Gasteiger partial charge in [0.15, 0.2) is 0 Å². The normalized spacial score (nSPS) is 15.7. The van der Waals surface area contributed by atoms with E-state index in [1.54, 1.807) is 33.4 Å². The first-order chi connectivity index (χ1) is 8.84. The van der Waals surface area contributed by atoms with Gasteiger partial charge < -0.3 is 0 Å². The molecule has 4 rings (SSSR count). The van der Waals surface area contributed by atoms with Crippen molar-refractivity contribution >= 4 is 0 Å². The highest BCUT2D eigenvalue weighted by Gasteiger charge is 2.24. The van der Waals surface area contributed by atoms with Crippen LogP contribution in [0, 0.1) is 0 Å². The van der Waals surface area contributed by atoms with E-state index in [0.29, 0.717) is 5.92 Å². The fourth-order valence-corrected chi connectivity index (χ4v) is 3.53. The molecule has 0 amide bonds. The van der Waals surface area contributed by atoms with Crippen LogP contribution in [0.5, 0.6) is 0 Å². The molecule has 0 radical (unpaired) electrons. The van der Waals surface area contributed by atoms with Crippen LogP contribution in [0.25, 0.3) is 0 Å². The van der Waals surface area contributed by atoms with E-state index in [0.717, 1.165) is 0 Å². The van der Waals surface area contributed by atoms with E-state index in [9.17, 15) is 0 Å². The number of rotatable bonds is 2. The summed E-state index contributed by atoms with van der Waals surface area (Å²) in [5.41, 5.74) is 9.55. The minimum Gasteiger partial charge on any atom is -0.0617 e. The molecule has 0 aromatic heterocycles. The summed E-state index contributed by atoms with van der Waals surface area (Å²) in [4.78, 5) is 0. The molecule has 2 aliphatic carbocycles. The van der Waals surface area contributed by atoms with Crippen LogP contribution in [-0.2, 0) is 25.7 Å². The summed E-state index contributed by atoms with van der Waals surface area (Å²) >= 11 is 0. The molecule has 90 valence electrons. The molecule has 2 aromatic rings. The van der Waals surface area contributed by atoms with Crippen molar-refractivity contribution in [1.29, 1.82) is 0 Å². The quantitative estimate of drug-likeness (QED) is 0.735. The average molecular weight is 234 g/mol. The van der Waals surface area contributed by atoms with Crippen molar-refractivity contribution in [3.8, 4) is 0 Å². The van der Waals surface area contributed by atoms with Gasteiger partial charge in [-0.05, 0) is 59.1 Å². The molecule has 0 bridgehead atoms. The molecule has 0 unspecified atom stereocenters. The van der Waals surface area contributed by atoms with Crippen LogP contribution in [0.2, 0.25) is 0 Å². The highest BCUT2D eigenvalue weighted by atomic mass is 14.3. The molecule has 0 aliphatic heterocycles. The minimum absolute atomic E-state index is 0.565. The van der Waals surface area contributed by atoms with Gasteiger partial charge in [-0.3, -0.25) is 0 Å². The van der Waals surface area contributed by atoms with Gasteiger partial charge in [0.2, 0.25) is 0 Å². The summed E-state index contributed by atoms with van der Waals surface area (Å²) in [6, 6.07) is 13.7. The third-order valence-electron chi connectivity index (χ3n) is 4.84. The molecule has 0 spiro atoms. The molecule has 2 aliphatic rings. The molecule has 2 aromatic carbocycles. The van der Waals surface area contributed by atoms with Gasteiger partial charge in [-0.1, -0.05) is 43.3 Å². The van der Waals surface area contributed by atoms with Gasteiger partial charge in [0.25, 0.3) is 0 Å². The summed E-state index contributed by atoms with van der Waals surface area (Å²) in [6.45, 7) is 2.38. The Morgan fingerprint density at radius 3 is 1.61 bits per heavy atom. The summed E-state index contributed by atoms with van der Waals surface area (Å²) in [6.07, 6.45) is 5.13. The van der Waals surface area contributed by atoms with Crippen molar-refractivity contribution in [3.05, 3.63) is 69.8 Å². The topological polar surface area (TPSA) is 0 Å². The van der Waals surface area contributed by atoms with Gasteiger partial charge in [0.05, 0.1) is 0 Å². The van der Waals surface area contributed by atoms with Crippen molar-refractivity contribution in [3.63, 3.8) is 0 Å². The fourth-order valence-electron chi connectivity index (χ4n) is 3.53. The zero-order valence-electron chi connectivity index (χ0n) is 10.9. The van der Waals surface area contributed by atoms with E-state index in [1.807, 2.05) is 0 Å². The Labute approximate surface area is 109 Å². The lowest BCUT2D eigenvalue weighted by Gasteiger charge is -2.30. The Morgan fingerprint density at radius 1 is 0.722 bits per heavy atom. The van der Waals surface area contributed by atoms with Gasteiger partial charge in [-0.15, -0.1) is 0 Å². The molecule has 0 atom stereocenters. The fraction of sp³-hybridized carbons (Fsp3) is 0.333. The standard InChI is InChI=1S/C18H18/c1-12(15-6-2-4-13-8-10-17(13)15)16-7-3-5-14-9-11-18(14)16/h2-7,12H,8-11H2,1H3. The average Bonchev–Trinajstić information content (AvgIpc) is 2.31. The second-order valence-electron chi connectivity index (χ2n) is 5.69. The smallest absolute Gasteiger partial charge is 0.00666 e. The second kappa shape index (κ2) is 3.71. The Balaban J connectivity index is 1.81. The van der Waals surface area contributed by atoms with Gasteiger partial charge in [0, 0.05) is 5.92 Å². The first-order valence-corrected chi connectivity index (χ1v) is 7.06. The summed E-state index contributed by atoms with van der Waals surface area (Å²) < 4.78 is 0. The number of benzene rings is 2. The van der Waals surface area contributed by atoms with Gasteiger partial charge in [0.1, 0.15) is 0 Å². The lowest BCUT2D eigenvalue weighted by molar-refractivity contribution is 0.755. The second-order valence-corrected chi connectivity index (χ2v) is 5.69. The molecule has 0 heterocycles. The van der Waals surface area contributed by atoms with E-state index in [1.165, 1.54) is 25.7 Å². The predicted octanol–water partition coefficient (Wildman–Crippen LogP) is 4.04. The van der Waals surface area contributed by atoms with Crippen LogP contribution in [0.4, 0.5) is 0 Å². The highest BCUT2D eigenvalue weighted by molar-refractivity contribution is 5.51. The van der Waals surface area contributed by atoms with E-state index >= 15 is 0 Å². The highest BCUT2D eigenvalue weighted by Crippen LogP contribution is 2.38. The zero-order chi connectivity index (χ0) is 12.1. The Kier molecular flexibility index (Phi) is 2.14. The third-order valence-corrected chi connectivity index (χ3v) is 4.84. The summed E-state index contributed by atoms with van der Waals surface area (Å²) in [5.74, 6) is 0.565. The molecule has 18 heavy (non-hydrogen) atoms. The van der Waals surface area contributed by atoms with E-state index in [4.69, 9.17) is 0 Å². The molecule has 0 heteroatoms. The summed E-state index contributed by atoms with van der Waals surface area (Å²) in [7, 11) is 0. The SMILES string of the molecule is CC(c1cccc2c1CC2)c1cccc2c1CC2. The van der Waals surface area contributed by atoms with Crippen LogP contribution < -0.4 is 0 Å². The monoisotopic (exact) mass is 234 g/mol. The van der Waals surface area contributed by atoms with Crippen LogP contribution in [0.1, 0.15) is 46.2 Å². The number of aryl methyl sites for hydroxylation is 2. The zero-order valence-corrected chi connectivity index (χ0v) is 10.9. The first kappa shape index (κ1) is 10.4. The van der Waals surface area contributed by atoms with Crippen LogP contribution in [-0.4, -0.2) is 0 Å². The Morgan fingerprint density at radius 2 is 1.22 bits per heavy atom. The molecule has 0 saturated carbocycles. The third kappa shape index (κ3) is 1.32. The molecular weight excluding hydrogens is 216 g/mol. The van der Waals surface area contributed by atoms with E-state index < -0.39 is 0 Å². The lowest BCUT2D eigenvalue weighted by atomic mass is 9.75. The van der Waals surface area contributed by atoms with E-state index in [-0.39, 0.29) is 0 Å².